The first-order valence-corrected chi connectivity index (χ1v) is 8.96. The molecule has 0 bridgehead atoms. The second kappa shape index (κ2) is 8.64. The molecule has 27 heavy (non-hydrogen) atoms. The van der Waals surface area contributed by atoms with Crippen LogP contribution in [0.15, 0.2) is 48.5 Å². The van der Waals surface area contributed by atoms with Gasteiger partial charge in [-0.1, -0.05) is 0 Å². The molecule has 7 heteroatoms. The van der Waals surface area contributed by atoms with Crippen molar-refractivity contribution in [2.75, 3.05) is 44.7 Å². The lowest BCUT2D eigenvalue weighted by Crippen LogP contribution is -2.46. The Bertz CT molecular complexity index is 782. The Morgan fingerprint density at radius 3 is 2.22 bits per heavy atom. The first-order valence-electron chi connectivity index (χ1n) is 8.96. The number of hydrogen-bond donors (Lipinski definition) is 0. The van der Waals surface area contributed by atoms with Gasteiger partial charge in [-0.3, -0.25) is 19.8 Å². The van der Waals surface area contributed by atoms with E-state index in [1.807, 2.05) is 0 Å². The van der Waals surface area contributed by atoms with Crippen molar-refractivity contribution >= 4 is 17.2 Å². The van der Waals surface area contributed by atoms with Crippen LogP contribution in [-0.2, 0) is 0 Å². The van der Waals surface area contributed by atoms with Crippen molar-refractivity contribution in [3.63, 3.8) is 0 Å². The number of carbonyl (C=O) groups excluding carboxylic acids is 1. The summed E-state index contributed by atoms with van der Waals surface area (Å²) in [4.78, 5) is 27.2. The summed E-state index contributed by atoms with van der Waals surface area (Å²) in [5, 5.41) is 10.7. The van der Waals surface area contributed by atoms with E-state index in [4.69, 9.17) is 4.74 Å². The molecule has 7 nitrogen and oxygen atoms in total. The average molecular weight is 369 g/mol. The minimum atomic E-state index is -0.387. The van der Waals surface area contributed by atoms with Crippen molar-refractivity contribution in [3.05, 3.63) is 64.2 Å². The third-order valence-electron chi connectivity index (χ3n) is 4.87. The smallest absolute Gasteiger partial charge is 0.269 e. The van der Waals surface area contributed by atoms with Crippen LogP contribution in [0.1, 0.15) is 16.8 Å². The number of anilines is 1. The Labute approximate surface area is 158 Å². The van der Waals surface area contributed by atoms with Crippen molar-refractivity contribution in [1.82, 2.24) is 4.90 Å². The van der Waals surface area contributed by atoms with E-state index in [0.717, 1.165) is 44.2 Å². The number of methoxy groups -OCH3 is 1. The number of non-ortho nitro benzene ring substituents is 1. The van der Waals surface area contributed by atoms with Gasteiger partial charge in [0.25, 0.3) is 5.69 Å². The number of Topliss-reactive ketones (excluding diaryl/α,β-unsaturated/α-hetero) is 1. The van der Waals surface area contributed by atoms with Crippen molar-refractivity contribution < 1.29 is 14.5 Å². The number of piperazine rings is 1. The molecule has 0 N–H and O–H groups in total. The predicted octanol–water partition coefficient (Wildman–Crippen LogP) is 3.00. The van der Waals surface area contributed by atoms with Crippen molar-refractivity contribution in [3.8, 4) is 5.75 Å². The monoisotopic (exact) mass is 369 g/mol. The van der Waals surface area contributed by atoms with Crippen LogP contribution in [0.2, 0.25) is 0 Å². The Balaban J connectivity index is 1.46. The van der Waals surface area contributed by atoms with E-state index in [2.05, 4.69) is 9.80 Å². The molecule has 3 rings (SSSR count). The predicted molar refractivity (Wildman–Crippen MR) is 104 cm³/mol. The zero-order valence-electron chi connectivity index (χ0n) is 15.3. The summed E-state index contributed by atoms with van der Waals surface area (Å²) in [7, 11) is 1.60. The van der Waals surface area contributed by atoms with Gasteiger partial charge in [-0.25, -0.2) is 0 Å². The topological polar surface area (TPSA) is 75.9 Å². The van der Waals surface area contributed by atoms with Crippen LogP contribution in [0, 0.1) is 10.1 Å². The highest BCUT2D eigenvalue weighted by Crippen LogP contribution is 2.21. The molecular weight excluding hydrogens is 346 g/mol. The minimum Gasteiger partial charge on any atom is -0.497 e. The molecular formula is C20H23N3O4. The molecule has 1 aliphatic heterocycles. The summed E-state index contributed by atoms with van der Waals surface area (Å²) in [6.45, 7) is 4.15. The number of hydrogen-bond acceptors (Lipinski definition) is 6. The van der Waals surface area contributed by atoms with Gasteiger partial charge in [0.2, 0.25) is 0 Å². The number of benzene rings is 2. The molecule has 0 radical (unpaired) electrons. The maximum atomic E-state index is 12.3. The van der Waals surface area contributed by atoms with Crippen LogP contribution in [0.25, 0.3) is 0 Å². The zero-order valence-corrected chi connectivity index (χ0v) is 15.3. The van der Waals surface area contributed by atoms with E-state index in [9.17, 15) is 14.9 Å². The van der Waals surface area contributed by atoms with Gasteiger partial charge in [0.05, 0.1) is 12.0 Å². The Morgan fingerprint density at radius 1 is 1.04 bits per heavy atom. The lowest BCUT2D eigenvalue weighted by Gasteiger charge is -2.36. The summed E-state index contributed by atoms with van der Waals surface area (Å²) in [6, 6.07) is 13.9. The number of nitrogens with zero attached hydrogens (tertiary/aromatic N) is 3. The fraction of sp³-hybridized carbons (Fsp3) is 0.350. The van der Waals surface area contributed by atoms with E-state index < -0.39 is 0 Å². The number of carbonyl (C=O) groups is 1. The van der Waals surface area contributed by atoms with Crippen LogP contribution < -0.4 is 9.64 Å². The highest BCUT2D eigenvalue weighted by atomic mass is 16.6. The number of ketones is 1. The molecule has 0 aromatic heterocycles. The van der Waals surface area contributed by atoms with Gasteiger partial charge in [-0.2, -0.15) is 0 Å². The van der Waals surface area contributed by atoms with Crippen LogP contribution in [0.3, 0.4) is 0 Å². The second-order valence-corrected chi connectivity index (χ2v) is 6.50. The van der Waals surface area contributed by atoms with Gasteiger partial charge < -0.3 is 9.64 Å². The molecule has 0 aliphatic carbocycles. The molecule has 142 valence electrons. The Kier molecular flexibility index (Phi) is 6.03. The first-order chi connectivity index (χ1) is 13.1. The molecule has 0 atom stereocenters. The molecule has 0 saturated carbocycles. The Morgan fingerprint density at radius 2 is 1.67 bits per heavy atom. The van der Waals surface area contributed by atoms with Gasteiger partial charge in [0.1, 0.15) is 5.75 Å². The van der Waals surface area contributed by atoms with Crippen LogP contribution >= 0.6 is 0 Å². The normalized spacial score (nSPS) is 14.8. The molecule has 1 aliphatic rings. The maximum Gasteiger partial charge on any atom is 0.269 e. The number of ether oxygens (including phenoxy) is 1. The SMILES string of the molecule is COc1ccc(C(=O)CCN2CCN(c3ccc([N+](=O)[O-])cc3)CC2)cc1. The van der Waals surface area contributed by atoms with Crippen LogP contribution in [0.4, 0.5) is 11.4 Å². The summed E-state index contributed by atoms with van der Waals surface area (Å²) >= 11 is 0. The summed E-state index contributed by atoms with van der Waals surface area (Å²) in [6.07, 6.45) is 0.490. The van der Waals surface area contributed by atoms with Gasteiger partial charge in [0, 0.05) is 62.5 Å². The first kappa shape index (κ1) is 18.8. The second-order valence-electron chi connectivity index (χ2n) is 6.50. The van der Waals surface area contributed by atoms with E-state index in [1.165, 1.54) is 12.1 Å². The third kappa shape index (κ3) is 4.83. The van der Waals surface area contributed by atoms with Gasteiger partial charge in [-0.05, 0) is 36.4 Å². The van der Waals surface area contributed by atoms with E-state index in [0.29, 0.717) is 12.0 Å². The summed E-state index contributed by atoms with van der Waals surface area (Å²) < 4.78 is 5.11. The number of nitro benzene ring substituents is 1. The largest absolute Gasteiger partial charge is 0.497 e. The molecule has 0 spiro atoms. The minimum absolute atomic E-state index is 0.106. The number of rotatable bonds is 7. The maximum absolute atomic E-state index is 12.3. The lowest BCUT2D eigenvalue weighted by molar-refractivity contribution is -0.384. The molecule has 2 aromatic rings. The molecule has 0 unspecified atom stereocenters. The van der Waals surface area contributed by atoms with Crippen LogP contribution in [-0.4, -0.2) is 55.4 Å². The molecule has 1 saturated heterocycles. The molecule has 1 fully saturated rings. The van der Waals surface area contributed by atoms with Crippen molar-refractivity contribution in [2.45, 2.75) is 6.42 Å². The fourth-order valence-electron chi connectivity index (χ4n) is 3.20. The van der Waals surface area contributed by atoms with Gasteiger partial charge >= 0.3 is 0 Å². The molecule has 2 aromatic carbocycles. The summed E-state index contributed by atoms with van der Waals surface area (Å²) in [5.74, 6) is 0.879. The lowest BCUT2D eigenvalue weighted by atomic mass is 10.1. The van der Waals surface area contributed by atoms with Gasteiger partial charge in [0.15, 0.2) is 5.78 Å². The average Bonchev–Trinajstić information content (AvgIpc) is 2.72. The van der Waals surface area contributed by atoms with E-state index in [1.54, 1.807) is 43.5 Å². The third-order valence-corrected chi connectivity index (χ3v) is 4.87. The fourth-order valence-corrected chi connectivity index (χ4v) is 3.20. The van der Waals surface area contributed by atoms with Gasteiger partial charge in [-0.15, -0.1) is 0 Å². The highest BCUT2D eigenvalue weighted by molar-refractivity contribution is 5.96. The van der Waals surface area contributed by atoms with Crippen LogP contribution in [0.5, 0.6) is 5.75 Å². The molecule has 1 heterocycles. The Hall–Kier alpha value is -2.93. The van der Waals surface area contributed by atoms with Crippen molar-refractivity contribution in [2.24, 2.45) is 0 Å². The van der Waals surface area contributed by atoms with E-state index in [-0.39, 0.29) is 16.4 Å². The van der Waals surface area contributed by atoms with E-state index >= 15 is 0 Å². The summed E-state index contributed by atoms with van der Waals surface area (Å²) in [5.41, 5.74) is 1.81. The highest BCUT2D eigenvalue weighted by Gasteiger charge is 2.18. The number of nitro groups is 1. The molecule has 0 amide bonds. The standard InChI is InChI=1S/C20H23N3O4/c1-27-19-8-2-16(3-9-19)20(24)10-11-21-12-14-22(15-13-21)17-4-6-18(7-5-17)23(25)26/h2-9H,10-15H2,1H3. The quantitative estimate of drug-likeness (QED) is 0.424. The van der Waals surface area contributed by atoms with Crippen molar-refractivity contribution in [1.29, 1.82) is 0 Å². The zero-order chi connectivity index (χ0) is 19.2.